The fourth-order valence-electron chi connectivity index (χ4n) is 2.04. The molecule has 2 aromatic heterocycles. The Morgan fingerprint density at radius 3 is 2.96 bits per heavy atom. The van der Waals surface area contributed by atoms with Crippen molar-refractivity contribution >= 4 is 23.2 Å². The molecule has 0 saturated heterocycles. The number of thiazole rings is 1. The number of methoxy groups -OCH3 is 1. The van der Waals surface area contributed by atoms with Crippen LogP contribution in [0, 0.1) is 6.92 Å². The fourth-order valence-corrected chi connectivity index (χ4v) is 2.98. The number of carbonyl (C=O) groups excluding carboxylic acids is 2. The van der Waals surface area contributed by atoms with Crippen molar-refractivity contribution < 1.29 is 18.7 Å². The Morgan fingerprint density at radius 2 is 2.30 bits per heavy atom. The Kier molecular flexibility index (Phi) is 5.89. The lowest BCUT2D eigenvalue weighted by Crippen LogP contribution is -2.36. The number of amides is 2. The molecule has 7 nitrogen and oxygen atoms in total. The topological polar surface area (TPSA) is 85.8 Å². The largest absolute Gasteiger partial charge is 0.459 e. The SMILES string of the molecule is COCCNC(=O)C(C)n1c(C)csc1=NC(=O)c1ccco1. The first-order valence-corrected chi connectivity index (χ1v) is 7.98. The van der Waals surface area contributed by atoms with Gasteiger partial charge in [-0.1, -0.05) is 0 Å². The molecule has 2 aromatic rings. The number of carbonyl (C=O) groups is 2. The number of hydrogen-bond donors (Lipinski definition) is 1. The number of hydrogen-bond acceptors (Lipinski definition) is 5. The molecule has 23 heavy (non-hydrogen) atoms. The standard InChI is InChI=1S/C15H19N3O4S/c1-10-9-23-15(17-14(20)12-5-4-7-22-12)18(10)11(2)13(19)16-6-8-21-3/h4-5,7,9,11H,6,8H2,1-3H3,(H,16,19). The van der Waals surface area contributed by atoms with Gasteiger partial charge < -0.3 is 19.0 Å². The van der Waals surface area contributed by atoms with Gasteiger partial charge in [-0.15, -0.1) is 11.3 Å². The molecule has 1 unspecified atom stereocenters. The molecule has 8 heteroatoms. The third-order valence-electron chi connectivity index (χ3n) is 3.22. The molecule has 2 heterocycles. The Labute approximate surface area is 137 Å². The highest BCUT2D eigenvalue weighted by molar-refractivity contribution is 7.07. The summed E-state index contributed by atoms with van der Waals surface area (Å²) in [5.41, 5.74) is 0.857. The molecule has 124 valence electrons. The van der Waals surface area contributed by atoms with Gasteiger partial charge in [-0.05, 0) is 26.0 Å². The van der Waals surface area contributed by atoms with E-state index >= 15 is 0 Å². The van der Waals surface area contributed by atoms with E-state index < -0.39 is 11.9 Å². The Hall–Kier alpha value is -2.19. The summed E-state index contributed by atoms with van der Waals surface area (Å²) in [5, 5.41) is 4.64. The van der Waals surface area contributed by atoms with Crippen molar-refractivity contribution in [1.29, 1.82) is 0 Å². The van der Waals surface area contributed by atoms with Crippen LogP contribution < -0.4 is 10.1 Å². The minimum atomic E-state index is -0.485. The van der Waals surface area contributed by atoms with Gasteiger partial charge in [0.15, 0.2) is 10.6 Å². The molecule has 0 bridgehead atoms. The monoisotopic (exact) mass is 337 g/mol. The summed E-state index contributed by atoms with van der Waals surface area (Å²) in [6, 6.07) is 2.70. The lowest BCUT2D eigenvalue weighted by molar-refractivity contribution is -0.124. The molecule has 0 spiro atoms. The molecule has 1 N–H and O–H groups in total. The van der Waals surface area contributed by atoms with E-state index in [-0.39, 0.29) is 11.7 Å². The lowest BCUT2D eigenvalue weighted by Gasteiger charge is -2.15. The summed E-state index contributed by atoms with van der Waals surface area (Å²) < 4.78 is 11.7. The van der Waals surface area contributed by atoms with Crippen LogP contribution in [0.5, 0.6) is 0 Å². The van der Waals surface area contributed by atoms with Crippen molar-refractivity contribution in [3.05, 3.63) is 40.0 Å². The van der Waals surface area contributed by atoms with Crippen molar-refractivity contribution in [3.63, 3.8) is 0 Å². The van der Waals surface area contributed by atoms with Gasteiger partial charge >= 0.3 is 5.91 Å². The molecule has 1 atom stereocenters. The van der Waals surface area contributed by atoms with Crippen LogP contribution in [-0.4, -0.2) is 36.6 Å². The van der Waals surface area contributed by atoms with E-state index in [1.165, 1.54) is 17.6 Å². The van der Waals surface area contributed by atoms with Crippen molar-refractivity contribution in [2.45, 2.75) is 19.9 Å². The maximum atomic E-state index is 12.2. The second-order valence-corrected chi connectivity index (χ2v) is 5.72. The second kappa shape index (κ2) is 7.89. The summed E-state index contributed by atoms with van der Waals surface area (Å²) in [5.74, 6) is -0.465. The number of rotatable bonds is 6. The van der Waals surface area contributed by atoms with Crippen molar-refractivity contribution in [2.24, 2.45) is 4.99 Å². The molecule has 0 aliphatic carbocycles. The van der Waals surface area contributed by atoms with Gasteiger partial charge in [0.1, 0.15) is 6.04 Å². The van der Waals surface area contributed by atoms with Gasteiger partial charge in [0.05, 0.1) is 12.9 Å². The quantitative estimate of drug-likeness (QED) is 0.810. The number of aryl methyl sites for hydroxylation is 1. The molecule has 0 saturated carbocycles. The zero-order valence-electron chi connectivity index (χ0n) is 13.2. The van der Waals surface area contributed by atoms with E-state index in [4.69, 9.17) is 9.15 Å². The van der Waals surface area contributed by atoms with Crippen molar-refractivity contribution in [1.82, 2.24) is 9.88 Å². The molecular weight excluding hydrogens is 318 g/mol. The third kappa shape index (κ3) is 4.17. The fraction of sp³-hybridized carbons (Fsp3) is 0.400. The summed E-state index contributed by atoms with van der Waals surface area (Å²) in [6.07, 6.45) is 1.42. The lowest BCUT2D eigenvalue weighted by atomic mass is 10.3. The summed E-state index contributed by atoms with van der Waals surface area (Å²) >= 11 is 1.30. The summed E-state index contributed by atoms with van der Waals surface area (Å²) in [4.78, 5) is 28.8. The molecule has 0 fully saturated rings. The highest BCUT2D eigenvalue weighted by atomic mass is 32.1. The van der Waals surface area contributed by atoms with Crippen LogP contribution in [0.15, 0.2) is 33.2 Å². The van der Waals surface area contributed by atoms with E-state index in [0.717, 1.165) is 5.69 Å². The predicted molar refractivity (Wildman–Crippen MR) is 85.2 cm³/mol. The smallest absolute Gasteiger partial charge is 0.315 e. The Bertz CT molecular complexity index is 730. The zero-order valence-corrected chi connectivity index (χ0v) is 14.1. The van der Waals surface area contributed by atoms with Crippen LogP contribution in [0.1, 0.15) is 29.2 Å². The van der Waals surface area contributed by atoms with Gasteiger partial charge in [0.2, 0.25) is 5.91 Å². The molecule has 0 aliphatic rings. The molecule has 0 aromatic carbocycles. The summed E-state index contributed by atoms with van der Waals surface area (Å²) in [7, 11) is 1.57. The third-order valence-corrected chi connectivity index (χ3v) is 4.18. The average Bonchev–Trinajstić information content (AvgIpc) is 3.17. The van der Waals surface area contributed by atoms with Crippen molar-refractivity contribution in [2.75, 3.05) is 20.3 Å². The number of ether oxygens (including phenoxy) is 1. The van der Waals surface area contributed by atoms with Crippen LogP contribution in [0.3, 0.4) is 0 Å². The van der Waals surface area contributed by atoms with E-state index in [9.17, 15) is 9.59 Å². The predicted octanol–water partition coefficient (Wildman–Crippen LogP) is 1.52. The number of furan rings is 1. The molecule has 2 amide bonds. The van der Waals surface area contributed by atoms with Crippen LogP contribution in [-0.2, 0) is 9.53 Å². The maximum absolute atomic E-state index is 12.2. The first kappa shape index (κ1) is 17.2. The van der Waals surface area contributed by atoms with Crippen LogP contribution in [0.2, 0.25) is 0 Å². The van der Waals surface area contributed by atoms with E-state index in [1.54, 1.807) is 30.7 Å². The molecule has 0 aliphatic heterocycles. The van der Waals surface area contributed by atoms with E-state index in [1.807, 2.05) is 12.3 Å². The zero-order chi connectivity index (χ0) is 16.8. The van der Waals surface area contributed by atoms with Crippen LogP contribution in [0.25, 0.3) is 0 Å². The van der Waals surface area contributed by atoms with Crippen LogP contribution >= 0.6 is 11.3 Å². The van der Waals surface area contributed by atoms with Gasteiger partial charge in [-0.2, -0.15) is 4.99 Å². The first-order valence-electron chi connectivity index (χ1n) is 7.10. The van der Waals surface area contributed by atoms with Gasteiger partial charge in [-0.25, -0.2) is 0 Å². The molecule has 2 rings (SSSR count). The van der Waals surface area contributed by atoms with Gasteiger partial charge in [-0.3, -0.25) is 9.59 Å². The van der Waals surface area contributed by atoms with Gasteiger partial charge in [0.25, 0.3) is 0 Å². The van der Waals surface area contributed by atoms with E-state index in [0.29, 0.717) is 18.0 Å². The minimum absolute atomic E-state index is 0.157. The average molecular weight is 337 g/mol. The second-order valence-electron chi connectivity index (χ2n) is 4.88. The summed E-state index contributed by atoms with van der Waals surface area (Å²) in [6.45, 7) is 4.51. The van der Waals surface area contributed by atoms with Gasteiger partial charge in [0, 0.05) is 24.7 Å². The normalized spacial score (nSPS) is 13.1. The maximum Gasteiger partial charge on any atom is 0.315 e. The Balaban J connectivity index is 2.24. The Morgan fingerprint density at radius 1 is 1.52 bits per heavy atom. The highest BCUT2D eigenvalue weighted by Crippen LogP contribution is 2.10. The molecule has 0 radical (unpaired) electrons. The number of nitrogens with one attached hydrogen (secondary N) is 1. The minimum Gasteiger partial charge on any atom is -0.459 e. The first-order chi connectivity index (χ1) is 11.0. The molecular formula is C15H19N3O4S. The van der Waals surface area contributed by atoms with Crippen molar-refractivity contribution in [3.8, 4) is 0 Å². The highest BCUT2D eigenvalue weighted by Gasteiger charge is 2.18. The van der Waals surface area contributed by atoms with Crippen LogP contribution in [0.4, 0.5) is 0 Å². The van der Waals surface area contributed by atoms with E-state index in [2.05, 4.69) is 10.3 Å². The number of nitrogens with zero attached hydrogens (tertiary/aromatic N) is 2. The number of aromatic nitrogens is 1.